The SMILES string of the molecule is O=C(O)c1ccc(Cn2c(Cc3cccnc3)cc3ccccc32)cc1. The lowest BCUT2D eigenvalue weighted by atomic mass is 10.1. The van der Waals surface area contributed by atoms with E-state index in [1.54, 1.807) is 18.3 Å². The van der Waals surface area contributed by atoms with Gasteiger partial charge in [0.15, 0.2) is 0 Å². The summed E-state index contributed by atoms with van der Waals surface area (Å²) in [5.74, 6) is -0.903. The van der Waals surface area contributed by atoms with Crippen LogP contribution in [-0.4, -0.2) is 20.6 Å². The van der Waals surface area contributed by atoms with E-state index in [1.165, 1.54) is 16.6 Å². The summed E-state index contributed by atoms with van der Waals surface area (Å²) < 4.78 is 2.29. The van der Waals surface area contributed by atoms with Crippen LogP contribution in [0.2, 0.25) is 0 Å². The highest BCUT2D eigenvalue weighted by Gasteiger charge is 2.10. The number of aromatic carboxylic acids is 1. The van der Waals surface area contributed by atoms with Gasteiger partial charge < -0.3 is 9.67 Å². The lowest BCUT2D eigenvalue weighted by Gasteiger charge is -2.11. The number of aromatic nitrogens is 2. The number of nitrogens with zero attached hydrogens (tertiary/aromatic N) is 2. The summed E-state index contributed by atoms with van der Waals surface area (Å²) in [4.78, 5) is 15.3. The van der Waals surface area contributed by atoms with Gasteiger partial charge in [-0.3, -0.25) is 4.98 Å². The topological polar surface area (TPSA) is 55.1 Å². The van der Waals surface area contributed by atoms with Crippen LogP contribution in [-0.2, 0) is 13.0 Å². The average Bonchev–Trinajstić information content (AvgIpc) is 3.00. The molecule has 2 heterocycles. The Morgan fingerprint density at radius 2 is 1.77 bits per heavy atom. The van der Waals surface area contributed by atoms with Crippen LogP contribution in [0.3, 0.4) is 0 Å². The fourth-order valence-electron chi connectivity index (χ4n) is 3.25. The summed E-state index contributed by atoms with van der Waals surface area (Å²) in [5, 5.41) is 10.3. The number of hydrogen-bond donors (Lipinski definition) is 1. The van der Waals surface area contributed by atoms with Crippen LogP contribution in [0.25, 0.3) is 10.9 Å². The van der Waals surface area contributed by atoms with Crippen molar-refractivity contribution in [2.75, 3.05) is 0 Å². The molecule has 0 bridgehead atoms. The minimum absolute atomic E-state index is 0.307. The van der Waals surface area contributed by atoms with Crippen LogP contribution in [0.5, 0.6) is 0 Å². The third-order valence-electron chi connectivity index (χ3n) is 4.55. The summed E-state index contributed by atoms with van der Waals surface area (Å²) in [6.07, 6.45) is 4.47. The molecule has 0 fully saturated rings. The number of hydrogen-bond acceptors (Lipinski definition) is 2. The Hall–Kier alpha value is -3.40. The Morgan fingerprint density at radius 1 is 0.962 bits per heavy atom. The van der Waals surface area contributed by atoms with E-state index >= 15 is 0 Å². The molecule has 0 spiro atoms. The van der Waals surface area contributed by atoms with E-state index in [-0.39, 0.29) is 0 Å². The molecule has 2 aromatic heterocycles. The number of rotatable bonds is 5. The number of carbonyl (C=O) groups is 1. The lowest BCUT2D eigenvalue weighted by molar-refractivity contribution is 0.0697. The quantitative estimate of drug-likeness (QED) is 0.586. The summed E-state index contributed by atoms with van der Waals surface area (Å²) >= 11 is 0. The zero-order valence-corrected chi connectivity index (χ0v) is 14.2. The van der Waals surface area contributed by atoms with Crippen molar-refractivity contribution in [2.24, 2.45) is 0 Å². The number of fused-ring (bicyclic) bond motifs is 1. The van der Waals surface area contributed by atoms with Gasteiger partial charge in [-0.1, -0.05) is 36.4 Å². The Labute approximate surface area is 151 Å². The summed E-state index contributed by atoms with van der Waals surface area (Å²) in [7, 11) is 0. The highest BCUT2D eigenvalue weighted by molar-refractivity contribution is 5.87. The van der Waals surface area contributed by atoms with Crippen LogP contribution in [0.4, 0.5) is 0 Å². The van der Waals surface area contributed by atoms with Crippen LogP contribution < -0.4 is 0 Å². The van der Waals surface area contributed by atoms with Gasteiger partial charge in [-0.15, -0.1) is 0 Å². The Morgan fingerprint density at radius 3 is 2.50 bits per heavy atom. The number of benzene rings is 2. The molecule has 0 aliphatic carbocycles. The molecule has 128 valence electrons. The van der Waals surface area contributed by atoms with E-state index in [1.807, 2.05) is 36.5 Å². The smallest absolute Gasteiger partial charge is 0.335 e. The standard InChI is InChI=1S/C22H18N2O2/c25-22(26)18-9-7-16(8-10-18)15-24-20(12-17-4-3-11-23-14-17)13-19-5-1-2-6-21(19)24/h1-11,13-14H,12,15H2,(H,25,26). The first-order chi connectivity index (χ1) is 12.7. The third kappa shape index (κ3) is 3.22. The molecule has 2 aromatic carbocycles. The largest absolute Gasteiger partial charge is 0.478 e. The monoisotopic (exact) mass is 342 g/mol. The first-order valence-electron chi connectivity index (χ1n) is 8.49. The van der Waals surface area contributed by atoms with Gasteiger partial charge in [-0.25, -0.2) is 4.79 Å². The van der Waals surface area contributed by atoms with Gasteiger partial charge in [0, 0.05) is 36.6 Å². The van der Waals surface area contributed by atoms with Crippen molar-refractivity contribution in [3.05, 3.63) is 102 Å². The molecule has 1 N–H and O–H groups in total. The molecule has 0 aliphatic heterocycles. The molecule has 0 aliphatic rings. The highest BCUT2D eigenvalue weighted by atomic mass is 16.4. The minimum Gasteiger partial charge on any atom is -0.478 e. The predicted molar refractivity (Wildman–Crippen MR) is 101 cm³/mol. The molecule has 0 saturated heterocycles. The van der Waals surface area contributed by atoms with E-state index in [0.717, 1.165) is 17.5 Å². The molecule has 4 rings (SSSR count). The highest BCUT2D eigenvalue weighted by Crippen LogP contribution is 2.23. The summed E-state index contributed by atoms with van der Waals surface area (Å²) in [5.41, 5.74) is 4.93. The van der Waals surface area contributed by atoms with Crippen molar-refractivity contribution in [1.29, 1.82) is 0 Å². The van der Waals surface area contributed by atoms with Crippen LogP contribution in [0, 0.1) is 0 Å². The van der Waals surface area contributed by atoms with Crippen molar-refractivity contribution in [1.82, 2.24) is 9.55 Å². The normalized spacial score (nSPS) is 10.9. The fraction of sp³-hybridized carbons (Fsp3) is 0.0909. The van der Waals surface area contributed by atoms with E-state index < -0.39 is 5.97 Å². The second-order valence-corrected chi connectivity index (χ2v) is 6.32. The molecule has 26 heavy (non-hydrogen) atoms. The third-order valence-corrected chi connectivity index (χ3v) is 4.55. The van der Waals surface area contributed by atoms with Gasteiger partial charge in [-0.05, 0) is 46.8 Å². The molecule has 0 amide bonds. The molecule has 0 unspecified atom stereocenters. The molecule has 4 heteroatoms. The molecule has 4 aromatic rings. The lowest BCUT2D eigenvalue weighted by Crippen LogP contribution is -2.05. The maximum absolute atomic E-state index is 11.1. The first kappa shape index (κ1) is 16.1. The number of para-hydroxylation sites is 1. The van der Waals surface area contributed by atoms with Crippen molar-refractivity contribution < 1.29 is 9.90 Å². The summed E-state index contributed by atoms with van der Waals surface area (Å²) in [6, 6.07) is 21.6. The van der Waals surface area contributed by atoms with Gasteiger partial charge in [0.25, 0.3) is 0 Å². The molecule has 4 nitrogen and oxygen atoms in total. The van der Waals surface area contributed by atoms with E-state index in [9.17, 15) is 4.79 Å². The zero-order chi connectivity index (χ0) is 17.9. The zero-order valence-electron chi connectivity index (χ0n) is 14.2. The van der Waals surface area contributed by atoms with Gasteiger partial charge >= 0.3 is 5.97 Å². The summed E-state index contributed by atoms with van der Waals surface area (Å²) in [6.45, 7) is 0.697. The maximum Gasteiger partial charge on any atom is 0.335 e. The van der Waals surface area contributed by atoms with Crippen molar-refractivity contribution >= 4 is 16.9 Å². The molecular weight excluding hydrogens is 324 g/mol. The predicted octanol–water partition coefficient (Wildman–Crippen LogP) is 4.37. The minimum atomic E-state index is -0.903. The first-order valence-corrected chi connectivity index (χ1v) is 8.49. The van der Waals surface area contributed by atoms with Crippen LogP contribution >= 0.6 is 0 Å². The Bertz CT molecular complexity index is 1050. The molecule has 0 saturated carbocycles. The Balaban J connectivity index is 1.72. The van der Waals surface area contributed by atoms with Crippen molar-refractivity contribution in [3.8, 4) is 0 Å². The van der Waals surface area contributed by atoms with E-state index in [2.05, 4.69) is 33.8 Å². The van der Waals surface area contributed by atoms with Gasteiger partial charge in [-0.2, -0.15) is 0 Å². The molecule has 0 radical (unpaired) electrons. The van der Waals surface area contributed by atoms with Crippen LogP contribution in [0.15, 0.2) is 79.1 Å². The van der Waals surface area contributed by atoms with Crippen LogP contribution in [0.1, 0.15) is 27.2 Å². The molecular formula is C22H18N2O2. The number of carboxylic acids is 1. The average molecular weight is 342 g/mol. The maximum atomic E-state index is 11.1. The van der Waals surface area contributed by atoms with Gasteiger partial charge in [0.2, 0.25) is 0 Å². The number of pyridine rings is 1. The van der Waals surface area contributed by atoms with E-state index in [0.29, 0.717) is 12.1 Å². The van der Waals surface area contributed by atoms with Crippen molar-refractivity contribution in [3.63, 3.8) is 0 Å². The van der Waals surface area contributed by atoms with Crippen molar-refractivity contribution in [2.45, 2.75) is 13.0 Å². The fourth-order valence-corrected chi connectivity index (χ4v) is 3.25. The van der Waals surface area contributed by atoms with Gasteiger partial charge in [0.05, 0.1) is 5.56 Å². The second-order valence-electron chi connectivity index (χ2n) is 6.32. The Kier molecular flexibility index (Phi) is 4.23. The number of carboxylic acid groups (broad SMARTS) is 1. The van der Waals surface area contributed by atoms with Gasteiger partial charge in [0.1, 0.15) is 0 Å². The second kappa shape index (κ2) is 6.84. The van der Waals surface area contributed by atoms with E-state index in [4.69, 9.17) is 5.11 Å². The molecule has 0 atom stereocenters.